The molecule has 5 nitrogen and oxygen atoms in total. The number of hydrogen-bond donors (Lipinski definition) is 1. The normalized spacial score (nSPS) is 15.5. The average molecular weight is 214 g/mol. The largest absolute Gasteiger partial charge is 0.346 e. The van der Waals surface area contributed by atoms with Gasteiger partial charge in [-0.1, -0.05) is 0 Å². The Bertz CT molecular complexity index is 530. The molecule has 1 aliphatic rings. The maximum Gasteiger partial charge on any atom is 0.346 e. The van der Waals surface area contributed by atoms with E-state index in [2.05, 4.69) is 9.97 Å². The first kappa shape index (κ1) is 9.39. The van der Waals surface area contributed by atoms with E-state index in [0.717, 1.165) is 24.8 Å². The molecule has 0 atom stereocenters. The molecule has 0 spiro atoms. The van der Waals surface area contributed by atoms with E-state index in [1.54, 1.807) is 0 Å². The van der Waals surface area contributed by atoms with Crippen LogP contribution >= 0.6 is 0 Å². The highest BCUT2D eigenvalue weighted by molar-refractivity contribution is 7.90. The smallest absolute Gasteiger partial charge is 0.309 e. The van der Waals surface area contributed by atoms with Crippen molar-refractivity contribution in [3.63, 3.8) is 0 Å². The molecule has 0 amide bonds. The lowest BCUT2D eigenvalue weighted by molar-refractivity contribution is 0.595. The van der Waals surface area contributed by atoms with Crippen LogP contribution in [-0.4, -0.2) is 24.6 Å². The third-order valence-electron chi connectivity index (χ3n) is 2.29. The number of H-pyrrole nitrogens is 1. The van der Waals surface area contributed by atoms with Crippen LogP contribution in [0.4, 0.5) is 0 Å². The molecule has 1 aromatic heterocycles. The quantitative estimate of drug-likeness (QED) is 0.649. The Balaban J connectivity index is 2.79. The molecule has 76 valence electrons. The Morgan fingerprint density at radius 3 is 2.71 bits per heavy atom. The van der Waals surface area contributed by atoms with Crippen LogP contribution in [0.5, 0.6) is 0 Å². The first-order valence-corrected chi connectivity index (χ1v) is 6.20. The van der Waals surface area contributed by atoms with Crippen molar-refractivity contribution >= 4 is 9.84 Å². The van der Waals surface area contributed by atoms with Crippen molar-refractivity contribution in [3.05, 3.63) is 21.7 Å². The van der Waals surface area contributed by atoms with Crippen molar-refractivity contribution in [1.29, 1.82) is 0 Å². The van der Waals surface area contributed by atoms with Crippen LogP contribution in [0.15, 0.2) is 9.82 Å². The third kappa shape index (κ3) is 1.45. The topological polar surface area (TPSA) is 79.9 Å². The van der Waals surface area contributed by atoms with Gasteiger partial charge < -0.3 is 4.98 Å². The molecule has 0 radical (unpaired) electrons. The molecule has 6 heteroatoms. The molecular weight excluding hydrogens is 204 g/mol. The minimum Gasteiger partial charge on any atom is -0.309 e. The van der Waals surface area contributed by atoms with Crippen molar-refractivity contribution < 1.29 is 8.42 Å². The molecule has 14 heavy (non-hydrogen) atoms. The molecular formula is C8H10N2O3S. The highest BCUT2D eigenvalue weighted by atomic mass is 32.2. The second kappa shape index (κ2) is 2.91. The van der Waals surface area contributed by atoms with Crippen molar-refractivity contribution in [2.24, 2.45) is 0 Å². The molecule has 0 fully saturated rings. The Labute approximate surface area is 81.1 Å². The predicted molar refractivity (Wildman–Crippen MR) is 50.0 cm³/mol. The lowest BCUT2D eigenvalue weighted by Gasteiger charge is -2.03. The summed E-state index contributed by atoms with van der Waals surface area (Å²) >= 11 is 0. The minimum atomic E-state index is -3.38. The zero-order valence-electron chi connectivity index (χ0n) is 7.70. The van der Waals surface area contributed by atoms with E-state index < -0.39 is 15.5 Å². The van der Waals surface area contributed by atoms with Crippen molar-refractivity contribution in [2.45, 2.75) is 24.3 Å². The number of hydrogen-bond acceptors (Lipinski definition) is 4. The summed E-state index contributed by atoms with van der Waals surface area (Å²) in [5.41, 5.74) is 0.837. The monoisotopic (exact) mass is 214 g/mol. The molecule has 2 rings (SSSR count). The maximum absolute atomic E-state index is 11.3. The highest BCUT2D eigenvalue weighted by Crippen LogP contribution is 2.23. The molecule has 0 saturated heterocycles. The zero-order valence-corrected chi connectivity index (χ0v) is 8.52. The Kier molecular flexibility index (Phi) is 1.95. The molecule has 1 aromatic rings. The van der Waals surface area contributed by atoms with Crippen LogP contribution in [0.3, 0.4) is 0 Å². The lowest BCUT2D eigenvalue weighted by atomic mass is 10.3. The van der Waals surface area contributed by atoms with Crippen LogP contribution in [0.2, 0.25) is 0 Å². The van der Waals surface area contributed by atoms with Gasteiger partial charge in [0.2, 0.25) is 0 Å². The summed E-state index contributed by atoms with van der Waals surface area (Å²) in [5, 5.41) is -0.0475. The molecule has 0 bridgehead atoms. The number of nitrogens with one attached hydrogen (secondary N) is 1. The molecule has 0 unspecified atom stereocenters. The minimum absolute atomic E-state index is 0.0475. The van der Waals surface area contributed by atoms with E-state index >= 15 is 0 Å². The summed E-state index contributed by atoms with van der Waals surface area (Å²) in [6.45, 7) is 0. The number of rotatable bonds is 1. The second-order valence-electron chi connectivity index (χ2n) is 3.43. The van der Waals surface area contributed by atoms with Gasteiger partial charge in [0.1, 0.15) is 0 Å². The first-order valence-electron chi connectivity index (χ1n) is 4.30. The number of aromatic nitrogens is 2. The number of nitrogens with zero attached hydrogens (tertiary/aromatic N) is 1. The van der Waals surface area contributed by atoms with Gasteiger partial charge in [-0.15, -0.1) is 0 Å². The van der Waals surface area contributed by atoms with Crippen LogP contribution in [0.1, 0.15) is 17.7 Å². The summed E-state index contributed by atoms with van der Waals surface area (Å²) in [4.78, 5) is 17.2. The summed E-state index contributed by atoms with van der Waals surface area (Å²) in [6, 6.07) is 0. The van der Waals surface area contributed by atoms with Gasteiger partial charge >= 0.3 is 5.69 Å². The highest BCUT2D eigenvalue weighted by Gasteiger charge is 2.23. The maximum atomic E-state index is 11.3. The van der Waals surface area contributed by atoms with Gasteiger partial charge in [0.25, 0.3) is 0 Å². The lowest BCUT2D eigenvalue weighted by Crippen LogP contribution is -2.19. The molecule has 0 aliphatic heterocycles. The molecule has 0 saturated carbocycles. The van der Waals surface area contributed by atoms with Crippen molar-refractivity contribution in [2.75, 3.05) is 6.26 Å². The van der Waals surface area contributed by atoms with Gasteiger partial charge in [0.15, 0.2) is 14.9 Å². The number of sulfone groups is 1. The van der Waals surface area contributed by atoms with E-state index in [1.807, 2.05) is 0 Å². The summed E-state index contributed by atoms with van der Waals surface area (Å²) in [5.74, 6) is 0. The van der Waals surface area contributed by atoms with Gasteiger partial charge in [-0.05, 0) is 19.3 Å². The van der Waals surface area contributed by atoms with E-state index in [9.17, 15) is 13.2 Å². The third-order valence-corrected chi connectivity index (χ3v) is 3.33. The molecule has 0 aromatic carbocycles. The van der Waals surface area contributed by atoms with Crippen LogP contribution in [0, 0.1) is 0 Å². The van der Waals surface area contributed by atoms with E-state index in [0.29, 0.717) is 12.0 Å². The predicted octanol–water partition coefficient (Wildman–Crippen LogP) is -0.338. The zero-order chi connectivity index (χ0) is 10.3. The summed E-state index contributed by atoms with van der Waals surface area (Å²) in [6.07, 6.45) is 3.37. The number of fused-ring (bicyclic) bond motifs is 1. The van der Waals surface area contributed by atoms with Crippen LogP contribution in [-0.2, 0) is 22.7 Å². The standard InChI is InChI=1S/C8H10N2O3S/c1-14(12,13)7-5-3-2-4-6(5)9-8(11)10-7/h2-4H2,1H3,(H,9,10,11). The van der Waals surface area contributed by atoms with Crippen molar-refractivity contribution in [3.8, 4) is 0 Å². The van der Waals surface area contributed by atoms with Gasteiger partial charge in [-0.2, -0.15) is 4.98 Å². The average Bonchev–Trinajstić information content (AvgIpc) is 2.47. The van der Waals surface area contributed by atoms with E-state index in [4.69, 9.17) is 0 Å². The Morgan fingerprint density at radius 2 is 2.07 bits per heavy atom. The Hall–Kier alpha value is -1.17. The van der Waals surface area contributed by atoms with Crippen LogP contribution in [0.25, 0.3) is 0 Å². The van der Waals surface area contributed by atoms with Crippen LogP contribution < -0.4 is 5.69 Å². The second-order valence-corrected chi connectivity index (χ2v) is 5.36. The van der Waals surface area contributed by atoms with Gasteiger partial charge in [-0.3, -0.25) is 0 Å². The first-order chi connectivity index (χ1) is 6.48. The Morgan fingerprint density at radius 1 is 1.36 bits per heavy atom. The number of aryl methyl sites for hydroxylation is 1. The summed E-state index contributed by atoms with van der Waals surface area (Å²) in [7, 11) is -3.38. The fourth-order valence-electron chi connectivity index (χ4n) is 1.74. The van der Waals surface area contributed by atoms with Gasteiger partial charge in [0, 0.05) is 17.5 Å². The van der Waals surface area contributed by atoms with Gasteiger partial charge in [-0.25, -0.2) is 13.2 Å². The summed E-state index contributed by atoms with van der Waals surface area (Å²) < 4.78 is 22.7. The molecule has 1 heterocycles. The molecule has 1 aliphatic carbocycles. The van der Waals surface area contributed by atoms with Crippen molar-refractivity contribution in [1.82, 2.24) is 9.97 Å². The van der Waals surface area contributed by atoms with E-state index in [1.165, 1.54) is 0 Å². The fourth-order valence-corrected chi connectivity index (χ4v) is 2.66. The van der Waals surface area contributed by atoms with Gasteiger partial charge in [0.05, 0.1) is 0 Å². The SMILES string of the molecule is CS(=O)(=O)c1nc(=O)[nH]c2c1CCC2. The molecule has 1 N–H and O–H groups in total. The fraction of sp³-hybridized carbons (Fsp3) is 0.500. The number of aromatic amines is 1. The van der Waals surface area contributed by atoms with E-state index in [-0.39, 0.29) is 5.03 Å².